The second kappa shape index (κ2) is 3.89. The number of anilines is 1. The number of nitrogens with two attached hydrogens (primary N) is 1. The van der Waals surface area contributed by atoms with Crippen molar-refractivity contribution < 1.29 is 9.13 Å². The standard InChI is InChI=1S/C11H13FN4O/c12-8-1-7(17-5-6-3-14-4-6)2-9-10(8)11(13)16-15-9/h1-2,6,14H,3-5H2,(H3,13,15,16). The van der Waals surface area contributed by atoms with Crippen molar-refractivity contribution in [2.75, 3.05) is 25.4 Å². The van der Waals surface area contributed by atoms with Gasteiger partial charge in [-0.1, -0.05) is 0 Å². The molecule has 0 radical (unpaired) electrons. The third-order valence-electron chi connectivity index (χ3n) is 2.97. The Morgan fingerprint density at radius 2 is 2.29 bits per heavy atom. The van der Waals surface area contributed by atoms with Crippen molar-refractivity contribution in [3.8, 4) is 5.75 Å². The van der Waals surface area contributed by atoms with E-state index in [9.17, 15) is 4.39 Å². The van der Waals surface area contributed by atoms with E-state index in [1.807, 2.05) is 0 Å². The fourth-order valence-electron chi connectivity index (χ4n) is 1.87. The predicted molar refractivity (Wildman–Crippen MR) is 62.3 cm³/mol. The number of nitrogens with one attached hydrogen (secondary N) is 2. The topological polar surface area (TPSA) is 76.0 Å². The van der Waals surface area contributed by atoms with Crippen molar-refractivity contribution in [1.82, 2.24) is 15.5 Å². The Hall–Kier alpha value is -1.82. The third-order valence-corrected chi connectivity index (χ3v) is 2.97. The first kappa shape index (κ1) is 10.3. The monoisotopic (exact) mass is 236 g/mol. The van der Waals surface area contributed by atoms with E-state index in [0.29, 0.717) is 29.2 Å². The van der Waals surface area contributed by atoms with Gasteiger partial charge in [0.1, 0.15) is 11.6 Å². The van der Waals surface area contributed by atoms with Crippen LogP contribution < -0.4 is 15.8 Å². The van der Waals surface area contributed by atoms with Gasteiger partial charge in [-0.2, -0.15) is 5.10 Å². The van der Waals surface area contributed by atoms with Crippen LogP contribution in [-0.2, 0) is 0 Å². The number of nitrogen functional groups attached to an aromatic ring is 1. The molecule has 1 aliphatic rings. The molecule has 4 N–H and O–H groups in total. The lowest BCUT2D eigenvalue weighted by atomic mass is 10.1. The Kier molecular flexibility index (Phi) is 2.36. The van der Waals surface area contributed by atoms with Gasteiger partial charge in [-0.15, -0.1) is 0 Å². The largest absolute Gasteiger partial charge is 0.493 e. The smallest absolute Gasteiger partial charge is 0.156 e. The summed E-state index contributed by atoms with van der Waals surface area (Å²) < 4.78 is 19.3. The zero-order valence-corrected chi connectivity index (χ0v) is 9.16. The quantitative estimate of drug-likeness (QED) is 0.739. The van der Waals surface area contributed by atoms with E-state index in [0.717, 1.165) is 13.1 Å². The molecule has 0 saturated carbocycles. The van der Waals surface area contributed by atoms with E-state index in [1.165, 1.54) is 6.07 Å². The molecule has 3 rings (SSSR count). The van der Waals surface area contributed by atoms with E-state index in [2.05, 4.69) is 15.5 Å². The van der Waals surface area contributed by atoms with Gasteiger partial charge in [0.2, 0.25) is 0 Å². The second-order valence-electron chi connectivity index (χ2n) is 4.27. The van der Waals surface area contributed by atoms with Crippen LogP contribution in [0, 0.1) is 11.7 Å². The summed E-state index contributed by atoms with van der Waals surface area (Å²) in [6.45, 7) is 2.52. The van der Waals surface area contributed by atoms with E-state index in [-0.39, 0.29) is 5.82 Å². The summed E-state index contributed by atoms with van der Waals surface area (Å²) in [7, 11) is 0. The summed E-state index contributed by atoms with van der Waals surface area (Å²) in [6.07, 6.45) is 0. The Balaban J connectivity index is 1.84. The maximum absolute atomic E-state index is 13.7. The minimum atomic E-state index is -0.407. The molecular weight excluding hydrogens is 223 g/mol. The van der Waals surface area contributed by atoms with Crippen molar-refractivity contribution in [2.24, 2.45) is 5.92 Å². The van der Waals surface area contributed by atoms with Crippen LogP contribution in [0.15, 0.2) is 12.1 Å². The third kappa shape index (κ3) is 1.80. The Morgan fingerprint density at radius 3 is 3.00 bits per heavy atom. The number of fused-ring (bicyclic) bond motifs is 1. The van der Waals surface area contributed by atoms with Gasteiger partial charge in [0.05, 0.1) is 17.5 Å². The molecular formula is C11H13FN4O. The van der Waals surface area contributed by atoms with Crippen molar-refractivity contribution in [3.05, 3.63) is 17.9 Å². The first-order valence-electron chi connectivity index (χ1n) is 5.50. The SMILES string of the molecule is Nc1n[nH]c2cc(OCC3CNC3)cc(F)c12. The summed E-state index contributed by atoms with van der Waals surface area (Å²) in [6, 6.07) is 3.06. The Morgan fingerprint density at radius 1 is 1.47 bits per heavy atom. The average molecular weight is 236 g/mol. The Labute approximate surface area is 97.1 Å². The number of rotatable bonds is 3. The number of H-pyrrole nitrogens is 1. The van der Waals surface area contributed by atoms with Gasteiger partial charge in [0.15, 0.2) is 5.82 Å². The minimum Gasteiger partial charge on any atom is -0.493 e. The number of hydrogen-bond acceptors (Lipinski definition) is 4. The molecule has 1 aromatic carbocycles. The van der Waals surface area contributed by atoms with Crippen LogP contribution in [0.2, 0.25) is 0 Å². The number of nitrogens with zero attached hydrogens (tertiary/aromatic N) is 1. The number of aromatic nitrogens is 2. The summed E-state index contributed by atoms with van der Waals surface area (Å²) in [5, 5.41) is 9.92. The molecule has 6 heteroatoms. The minimum absolute atomic E-state index is 0.173. The van der Waals surface area contributed by atoms with Gasteiger partial charge in [-0.25, -0.2) is 4.39 Å². The average Bonchev–Trinajstić information content (AvgIpc) is 2.58. The maximum atomic E-state index is 13.7. The first-order valence-corrected chi connectivity index (χ1v) is 5.50. The maximum Gasteiger partial charge on any atom is 0.156 e. The van der Waals surface area contributed by atoms with Gasteiger partial charge < -0.3 is 15.8 Å². The fraction of sp³-hybridized carbons (Fsp3) is 0.364. The van der Waals surface area contributed by atoms with E-state index in [4.69, 9.17) is 10.5 Å². The van der Waals surface area contributed by atoms with Crippen molar-refractivity contribution >= 4 is 16.7 Å². The first-order chi connectivity index (χ1) is 8.24. The summed E-state index contributed by atoms with van der Waals surface area (Å²) in [4.78, 5) is 0. The van der Waals surface area contributed by atoms with Gasteiger partial charge in [-0.05, 0) is 0 Å². The molecule has 0 aliphatic carbocycles. The molecule has 1 aliphatic heterocycles. The number of aromatic amines is 1. The normalized spacial score (nSPS) is 16.1. The molecule has 0 spiro atoms. The zero-order valence-electron chi connectivity index (χ0n) is 9.16. The van der Waals surface area contributed by atoms with Gasteiger partial charge >= 0.3 is 0 Å². The highest BCUT2D eigenvalue weighted by Gasteiger charge is 2.18. The molecule has 2 aromatic rings. The van der Waals surface area contributed by atoms with E-state index < -0.39 is 5.82 Å². The van der Waals surface area contributed by atoms with Crippen LogP contribution in [-0.4, -0.2) is 29.9 Å². The summed E-state index contributed by atoms with van der Waals surface area (Å²) in [5.41, 5.74) is 6.11. The fourth-order valence-corrected chi connectivity index (χ4v) is 1.87. The lowest BCUT2D eigenvalue weighted by Gasteiger charge is -2.26. The lowest BCUT2D eigenvalue weighted by molar-refractivity contribution is 0.199. The Bertz CT molecular complexity index is 550. The van der Waals surface area contributed by atoms with Crippen LogP contribution in [0.1, 0.15) is 0 Å². The molecule has 90 valence electrons. The van der Waals surface area contributed by atoms with Crippen LogP contribution in [0.5, 0.6) is 5.75 Å². The zero-order chi connectivity index (χ0) is 11.8. The summed E-state index contributed by atoms with van der Waals surface area (Å²) in [5.74, 6) is 0.786. The molecule has 0 amide bonds. The van der Waals surface area contributed by atoms with Gasteiger partial charge in [0.25, 0.3) is 0 Å². The number of halogens is 1. The highest BCUT2D eigenvalue weighted by molar-refractivity contribution is 5.90. The molecule has 0 unspecified atom stereocenters. The van der Waals surface area contributed by atoms with Crippen molar-refractivity contribution in [1.29, 1.82) is 0 Å². The molecule has 2 heterocycles. The van der Waals surface area contributed by atoms with E-state index >= 15 is 0 Å². The molecule has 1 fully saturated rings. The van der Waals surface area contributed by atoms with Crippen LogP contribution >= 0.6 is 0 Å². The predicted octanol–water partition coefficient (Wildman–Crippen LogP) is 0.882. The number of benzene rings is 1. The van der Waals surface area contributed by atoms with Gasteiger partial charge in [-0.3, -0.25) is 5.10 Å². The number of hydrogen-bond donors (Lipinski definition) is 3. The highest BCUT2D eigenvalue weighted by Crippen LogP contribution is 2.26. The van der Waals surface area contributed by atoms with Crippen LogP contribution in [0.3, 0.4) is 0 Å². The van der Waals surface area contributed by atoms with E-state index in [1.54, 1.807) is 6.07 Å². The lowest BCUT2D eigenvalue weighted by Crippen LogP contribution is -2.45. The van der Waals surface area contributed by atoms with Crippen LogP contribution in [0.25, 0.3) is 10.9 Å². The highest BCUT2D eigenvalue weighted by atomic mass is 19.1. The molecule has 0 atom stereocenters. The molecule has 1 saturated heterocycles. The van der Waals surface area contributed by atoms with Crippen molar-refractivity contribution in [3.63, 3.8) is 0 Å². The van der Waals surface area contributed by atoms with Gasteiger partial charge in [0, 0.05) is 31.1 Å². The molecule has 1 aromatic heterocycles. The second-order valence-corrected chi connectivity index (χ2v) is 4.27. The van der Waals surface area contributed by atoms with Crippen molar-refractivity contribution in [2.45, 2.75) is 0 Å². The molecule has 17 heavy (non-hydrogen) atoms. The summed E-state index contributed by atoms with van der Waals surface area (Å²) >= 11 is 0. The molecule has 5 nitrogen and oxygen atoms in total. The van der Waals surface area contributed by atoms with Crippen LogP contribution in [0.4, 0.5) is 10.2 Å². The molecule has 0 bridgehead atoms. The number of ether oxygens (including phenoxy) is 1.